The Bertz CT molecular complexity index is 834. The van der Waals surface area contributed by atoms with E-state index < -0.39 is 0 Å². The second-order valence-corrected chi connectivity index (χ2v) is 7.01. The van der Waals surface area contributed by atoms with E-state index in [0.717, 1.165) is 11.1 Å². The highest BCUT2D eigenvalue weighted by Gasteiger charge is 2.32. The lowest BCUT2D eigenvalue weighted by atomic mass is 10.1. The second kappa shape index (κ2) is 7.72. The molecule has 1 heterocycles. The molecule has 0 atom stereocenters. The topological polar surface area (TPSA) is 38.8 Å². The van der Waals surface area contributed by atoms with Gasteiger partial charge in [0.25, 0.3) is 5.91 Å². The molecule has 0 bridgehead atoms. The predicted molar refractivity (Wildman–Crippen MR) is 105 cm³/mol. The van der Waals surface area contributed by atoms with E-state index in [4.69, 9.17) is 21.7 Å². The summed E-state index contributed by atoms with van der Waals surface area (Å²) in [6.45, 7) is 0.470. The number of methoxy groups -OCH3 is 2. The van der Waals surface area contributed by atoms with E-state index >= 15 is 0 Å². The van der Waals surface area contributed by atoms with Gasteiger partial charge in [-0.1, -0.05) is 66.4 Å². The fourth-order valence-electron chi connectivity index (χ4n) is 2.57. The van der Waals surface area contributed by atoms with Crippen LogP contribution < -0.4 is 9.47 Å². The second-order valence-electron chi connectivity index (χ2n) is 5.34. The number of carbonyl (C=O) groups is 1. The van der Waals surface area contributed by atoms with Crippen LogP contribution >= 0.6 is 24.0 Å². The number of para-hydroxylation sites is 1. The number of amides is 1. The number of thioether (sulfide) groups is 1. The van der Waals surface area contributed by atoms with Gasteiger partial charge in [-0.05, 0) is 17.7 Å². The summed E-state index contributed by atoms with van der Waals surface area (Å²) in [6.07, 6.45) is 1.80. The van der Waals surface area contributed by atoms with Crippen LogP contribution in [0.4, 0.5) is 0 Å². The predicted octanol–water partition coefficient (Wildman–Crippen LogP) is 4.11. The van der Waals surface area contributed by atoms with Crippen LogP contribution in [-0.4, -0.2) is 29.3 Å². The van der Waals surface area contributed by atoms with Crippen molar-refractivity contribution in [1.82, 2.24) is 4.90 Å². The van der Waals surface area contributed by atoms with Gasteiger partial charge in [0.2, 0.25) is 0 Å². The van der Waals surface area contributed by atoms with Gasteiger partial charge in [-0.2, -0.15) is 0 Å². The first-order valence-electron chi connectivity index (χ1n) is 7.64. The van der Waals surface area contributed by atoms with Crippen molar-refractivity contribution in [1.29, 1.82) is 0 Å². The van der Waals surface area contributed by atoms with Crippen LogP contribution in [-0.2, 0) is 11.3 Å². The van der Waals surface area contributed by atoms with Crippen molar-refractivity contribution in [3.63, 3.8) is 0 Å². The molecule has 1 amide bonds. The fraction of sp³-hybridized carbons (Fsp3) is 0.158. The molecule has 128 valence electrons. The smallest absolute Gasteiger partial charge is 0.266 e. The maximum absolute atomic E-state index is 12.8. The fourth-order valence-corrected chi connectivity index (χ4v) is 3.82. The average Bonchev–Trinajstić information content (AvgIpc) is 2.90. The number of thiocarbonyl (C=S) groups is 1. The molecule has 4 nitrogen and oxygen atoms in total. The molecule has 1 saturated heterocycles. The Morgan fingerprint density at radius 2 is 1.84 bits per heavy atom. The zero-order valence-corrected chi connectivity index (χ0v) is 15.5. The lowest BCUT2D eigenvalue weighted by Crippen LogP contribution is -2.27. The Hall–Kier alpha value is -2.31. The van der Waals surface area contributed by atoms with Crippen LogP contribution in [0, 0.1) is 0 Å². The minimum Gasteiger partial charge on any atom is -0.493 e. The first-order valence-corrected chi connectivity index (χ1v) is 8.87. The molecule has 3 rings (SSSR count). The van der Waals surface area contributed by atoms with Crippen molar-refractivity contribution in [3.8, 4) is 11.5 Å². The molecule has 2 aromatic carbocycles. The van der Waals surface area contributed by atoms with E-state index in [1.807, 2.05) is 48.5 Å². The van der Waals surface area contributed by atoms with Crippen molar-refractivity contribution in [3.05, 3.63) is 64.6 Å². The number of benzene rings is 2. The molecule has 1 fully saturated rings. The Morgan fingerprint density at radius 1 is 1.08 bits per heavy atom. The van der Waals surface area contributed by atoms with Gasteiger partial charge < -0.3 is 9.47 Å². The van der Waals surface area contributed by atoms with Gasteiger partial charge in [0.05, 0.1) is 25.7 Å². The average molecular weight is 371 g/mol. The van der Waals surface area contributed by atoms with Gasteiger partial charge in [0.1, 0.15) is 4.32 Å². The van der Waals surface area contributed by atoms with Gasteiger partial charge >= 0.3 is 0 Å². The summed E-state index contributed by atoms with van der Waals surface area (Å²) < 4.78 is 11.3. The number of nitrogens with zero attached hydrogens (tertiary/aromatic N) is 1. The van der Waals surface area contributed by atoms with E-state index in [1.54, 1.807) is 25.2 Å². The monoisotopic (exact) mass is 371 g/mol. The van der Waals surface area contributed by atoms with E-state index in [1.165, 1.54) is 11.8 Å². The van der Waals surface area contributed by atoms with E-state index in [-0.39, 0.29) is 5.91 Å². The van der Waals surface area contributed by atoms with E-state index in [9.17, 15) is 4.79 Å². The lowest BCUT2D eigenvalue weighted by molar-refractivity contribution is -0.122. The summed E-state index contributed by atoms with van der Waals surface area (Å²) in [5.41, 5.74) is 1.82. The third-order valence-corrected chi connectivity index (χ3v) is 5.15. The Morgan fingerprint density at radius 3 is 2.52 bits per heavy atom. The molecule has 0 spiro atoms. The van der Waals surface area contributed by atoms with Crippen molar-refractivity contribution >= 4 is 40.3 Å². The maximum Gasteiger partial charge on any atom is 0.266 e. The third-order valence-electron chi connectivity index (χ3n) is 3.78. The zero-order valence-electron chi connectivity index (χ0n) is 13.9. The molecule has 25 heavy (non-hydrogen) atoms. The van der Waals surface area contributed by atoms with Crippen LogP contribution in [0.2, 0.25) is 0 Å². The summed E-state index contributed by atoms with van der Waals surface area (Å²) in [5, 5.41) is 0. The van der Waals surface area contributed by atoms with Gasteiger partial charge in [0, 0.05) is 5.56 Å². The molecule has 0 unspecified atom stereocenters. The van der Waals surface area contributed by atoms with E-state index in [2.05, 4.69) is 0 Å². The third kappa shape index (κ3) is 3.70. The van der Waals surface area contributed by atoms with Crippen molar-refractivity contribution in [2.45, 2.75) is 6.54 Å². The number of carbonyl (C=O) groups excluding carboxylic acids is 1. The molecule has 1 aliphatic heterocycles. The minimum absolute atomic E-state index is 0.0938. The standard InChI is InChI=1S/C19H17NO3S2/c1-22-15-10-6-9-14(17(15)23-2)11-16-18(21)20(19(24)25-16)12-13-7-4-3-5-8-13/h3-11H,12H2,1-2H3/b16-11+. The summed E-state index contributed by atoms with van der Waals surface area (Å²) in [5.74, 6) is 1.12. The molecule has 0 aromatic heterocycles. The van der Waals surface area contributed by atoms with Gasteiger partial charge in [0.15, 0.2) is 11.5 Å². The van der Waals surface area contributed by atoms with Crippen molar-refractivity contribution < 1.29 is 14.3 Å². The molecule has 0 saturated carbocycles. The molecule has 0 aliphatic carbocycles. The highest BCUT2D eigenvalue weighted by molar-refractivity contribution is 8.26. The first kappa shape index (κ1) is 17.5. The van der Waals surface area contributed by atoms with Crippen LogP contribution in [0.15, 0.2) is 53.4 Å². The summed E-state index contributed by atoms with van der Waals surface area (Å²) in [7, 11) is 3.16. The van der Waals surface area contributed by atoms with Crippen LogP contribution in [0.25, 0.3) is 6.08 Å². The van der Waals surface area contributed by atoms with Crippen LogP contribution in [0.3, 0.4) is 0 Å². The van der Waals surface area contributed by atoms with Gasteiger partial charge in [-0.3, -0.25) is 9.69 Å². The minimum atomic E-state index is -0.0938. The van der Waals surface area contributed by atoms with Crippen LogP contribution in [0.5, 0.6) is 11.5 Å². The van der Waals surface area contributed by atoms with Crippen LogP contribution in [0.1, 0.15) is 11.1 Å². The molecular weight excluding hydrogens is 354 g/mol. The van der Waals surface area contributed by atoms with Crippen molar-refractivity contribution in [2.24, 2.45) is 0 Å². The normalized spacial score (nSPS) is 15.8. The Labute approximate surface area is 156 Å². The highest BCUT2D eigenvalue weighted by Crippen LogP contribution is 2.37. The first-order chi connectivity index (χ1) is 12.1. The summed E-state index contributed by atoms with van der Waals surface area (Å²) >= 11 is 6.69. The lowest BCUT2D eigenvalue weighted by Gasteiger charge is -2.14. The largest absolute Gasteiger partial charge is 0.493 e. The quantitative estimate of drug-likeness (QED) is 0.584. The summed E-state index contributed by atoms with van der Waals surface area (Å²) in [6, 6.07) is 15.4. The Kier molecular flexibility index (Phi) is 5.40. The zero-order chi connectivity index (χ0) is 17.8. The number of hydrogen-bond acceptors (Lipinski definition) is 5. The highest BCUT2D eigenvalue weighted by atomic mass is 32.2. The molecule has 0 N–H and O–H groups in total. The maximum atomic E-state index is 12.8. The van der Waals surface area contributed by atoms with Crippen molar-refractivity contribution in [2.75, 3.05) is 14.2 Å². The number of rotatable bonds is 5. The molecule has 6 heteroatoms. The molecule has 2 aromatic rings. The molecular formula is C19H17NO3S2. The summed E-state index contributed by atoms with van der Waals surface area (Å²) in [4.78, 5) is 15.0. The van der Waals surface area contributed by atoms with E-state index in [0.29, 0.717) is 27.3 Å². The van der Waals surface area contributed by atoms with Gasteiger partial charge in [-0.15, -0.1) is 0 Å². The van der Waals surface area contributed by atoms with Gasteiger partial charge in [-0.25, -0.2) is 0 Å². The number of hydrogen-bond donors (Lipinski definition) is 0. The number of ether oxygens (including phenoxy) is 2. The molecule has 1 aliphatic rings. The Balaban J connectivity index is 1.88. The SMILES string of the molecule is COc1cccc(/C=C2/SC(=S)N(Cc3ccccc3)C2=O)c1OC. The molecule has 0 radical (unpaired) electrons.